The fourth-order valence-corrected chi connectivity index (χ4v) is 1.88. The van der Waals surface area contributed by atoms with Gasteiger partial charge < -0.3 is 15.2 Å². The maximum Gasteiger partial charge on any atom is 0.161 e. The fraction of sp³-hybridized carbons (Fsp3) is 0.429. The highest BCUT2D eigenvalue weighted by Gasteiger charge is 2.15. The van der Waals surface area contributed by atoms with Crippen molar-refractivity contribution in [3.05, 3.63) is 23.8 Å². The van der Waals surface area contributed by atoms with E-state index in [0.717, 1.165) is 17.1 Å². The number of benzene rings is 1. The van der Waals surface area contributed by atoms with Gasteiger partial charge in [0.15, 0.2) is 11.5 Å². The van der Waals surface area contributed by atoms with Gasteiger partial charge in [0, 0.05) is 12.6 Å². The molecule has 2 rings (SSSR count). The van der Waals surface area contributed by atoms with Crippen LogP contribution in [0.3, 0.4) is 0 Å². The summed E-state index contributed by atoms with van der Waals surface area (Å²) in [5.74, 6) is 7.42. The number of rotatable bonds is 4. The minimum Gasteiger partial charge on any atom is -0.486 e. The van der Waals surface area contributed by atoms with Crippen LogP contribution < -0.4 is 20.5 Å². The lowest BCUT2D eigenvalue weighted by Gasteiger charge is -2.21. The number of ether oxygens (including phenoxy) is 2. The van der Waals surface area contributed by atoms with E-state index in [9.17, 15) is 0 Å². The summed E-state index contributed by atoms with van der Waals surface area (Å²) in [7, 11) is 0. The summed E-state index contributed by atoms with van der Waals surface area (Å²) in [6, 6.07) is 6.01. The zero-order valence-electron chi connectivity index (χ0n) is 10.5. The summed E-state index contributed by atoms with van der Waals surface area (Å²) >= 11 is 0. The molecule has 1 unspecified atom stereocenters. The third-order valence-corrected chi connectivity index (χ3v) is 2.82. The van der Waals surface area contributed by atoms with Crippen molar-refractivity contribution in [2.45, 2.75) is 13.0 Å². The van der Waals surface area contributed by atoms with E-state index in [1.165, 1.54) is 0 Å². The highest BCUT2D eigenvalue weighted by Crippen LogP contribution is 2.32. The van der Waals surface area contributed by atoms with Crippen LogP contribution in [0.25, 0.3) is 0 Å². The van der Waals surface area contributed by atoms with Crippen LogP contribution in [0.4, 0.5) is 0 Å². The molecule has 0 aliphatic carbocycles. The highest BCUT2D eigenvalue weighted by atomic mass is 16.6. The molecule has 1 aromatic rings. The van der Waals surface area contributed by atoms with Crippen LogP contribution in [-0.2, 0) is 0 Å². The standard InChI is InChI=1S/C14H18N2O2/c1-2-3-6-16-12(10-15)11-4-5-13-14(9-11)18-8-7-17-13/h4-5,9,12,16H,6-8,10,15H2,1H3. The Hall–Kier alpha value is -1.70. The normalized spacial score (nSPS) is 14.6. The lowest BCUT2D eigenvalue weighted by Crippen LogP contribution is -2.28. The van der Waals surface area contributed by atoms with Gasteiger partial charge >= 0.3 is 0 Å². The van der Waals surface area contributed by atoms with E-state index < -0.39 is 0 Å². The molecule has 0 aromatic heterocycles. The van der Waals surface area contributed by atoms with Gasteiger partial charge in [-0.2, -0.15) is 0 Å². The third-order valence-electron chi connectivity index (χ3n) is 2.82. The summed E-state index contributed by atoms with van der Waals surface area (Å²) in [4.78, 5) is 0. The topological polar surface area (TPSA) is 56.5 Å². The Morgan fingerprint density at radius 3 is 2.83 bits per heavy atom. The number of nitrogens with one attached hydrogen (secondary N) is 1. The van der Waals surface area contributed by atoms with Crippen molar-refractivity contribution in [3.63, 3.8) is 0 Å². The van der Waals surface area contributed by atoms with Gasteiger partial charge in [0.2, 0.25) is 0 Å². The van der Waals surface area contributed by atoms with Crippen LogP contribution in [0, 0.1) is 11.8 Å². The molecule has 0 spiro atoms. The maximum atomic E-state index is 5.78. The first-order valence-corrected chi connectivity index (χ1v) is 6.07. The molecule has 1 aliphatic rings. The summed E-state index contributed by atoms with van der Waals surface area (Å²) < 4.78 is 11.1. The first-order chi connectivity index (χ1) is 8.85. The molecule has 3 N–H and O–H groups in total. The zero-order valence-corrected chi connectivity index (χ0v) is 10.5. The summed E-state index contributed by atoms with van der Waals surface area (Å²) in [6.07, 6.45) is 0. The lowest BCUT2D eigenvalue weighted by atomic mass is 10.1. The molecule has 1 heterocycles. The number of fused-ring (bicyclic) bond motifs is 1. The van der Waals surface area contributed by atoms with Gasteiger partial charge in [0.05, 0.1) is 6.54 Å². The van der Waals surface area contributed by atoms with Crippen molar-refractivity contribution < 1.29 is 9.47 Å². The second kappa shape index (κ2) is 6.29. The van der Waals surface area contributed by atoms with Gasteiger partial charge in [-0.3, -0.25) is 5.32 Å². The third kappa shape index (κ3) is 2.95. The maximum absolute atomic E-state index is 5.78. The van der Waals surface area contributed by atoms with Crippen molar-refractivity contribution in [1.29, 1.82) is 0 Å². The van der Waals surface area contributed by atoms with E-state index in [-0.39, 0.29) is 6.04 Å². The monoisotopic (exact) mass is 246 g/mol. The van der Waals surface area contributed by atoms with E-state index in [4.69, 9.17) is 15.2 Å². The molecular weight excluding hydrogens is 228 g/mol. The van der Waals surface area contributed by atoms with Crippen molar-refractivity contribution >= 4 is 0 Å². The largest absolute Gasteiger partial charge is 0.486 e. The molecule has 4 heteroatoms. The molecule has 4 nitrogen and oxygen atoms in total. The van der Waals surface area contributed by atoms with E-state index in [0.29, 0.717) is 26.3 Å². The van der Waals surface area contributed by atoms with Crippen LogP contribution in [0.5, 0.6) is 11.5 Å². The molecule has 0 fully saturated rings. The number of hydrogen-bond acceptors (Lipinski definition) is 4. The summed E-state index contributed by atoms with van der Waals surface area (Å²) in [5.41, 5.74) is 6.88. The predicted molar refractivity (Wildman–Crippen MR) is 70.7 cm³/mol. The Balaban J connectivity index is 2.12. The average molecular weight is 246 g/mol. The SMILES string of the molecule is CC#CCNC(CN)c1ccc2c(c1)OCCO2. The van der Waals surface area contributed by atoms with Gasteiger partial charge in [0.25, 0.3) is 0 Å². The first-order valence-electron chi connectivity index (χ1n) is 6.07. The fourth-order valence-electron chi connectivity index (χ4n) is 1.88. The van der Waals surface area contributed by atoms with Crippen molar-refractivity contribution in [2.24, 2.45) is 5.73 Å². The molecule has 0 saturated carbocycles. The summed E-state index contributed by atoms with van der Waals surface area (Å²) in [6.45, 7) is 4.18. The molecule has 0 radical (unpaired) electrons. The van der Waals surface area contributed by atoms with Gasteiger partial charge in [-0.15, -0.1) is 5.92 Å². The quantitative estimate of drug-likeness (QED) is 0.780. The zero-order chi connectivity index (χ0) is 12.8. The molecule has 0 bridgehead atoms. The minimum absolute atomic E-state index is 0.0849. The van der Waals surface area contributed by atoms with Crippen LogP contribution in [0.15, 0.2) is 18.2 Å². The molecule has 0 saturated heterocycles. The molecule has 18 heavy (non-hydrogen) atoms. The molecule has 0 amide bonds. The summed E-state index contributed by atoms with van der Waals surface area (Å²) in [5, 5.41) is 3.30. The van der Waals surface area contributed by atoms with Gasteiger partial charge in [0.1, 0.15) is 13.2 Å². The Kier molecular flexibility index (Phi) is 4.46. The van der Waals surface area contributed by atoms with E-state index in [1.807, 2.05) is 25.1 Å². The molecular formula is C14H18N2O2. The smallest absolute Gasteiger partial charge is 0.161 e. The second-order valence-corrected chi connectivity index (χ2v) is 4.00. The molecule has 1 aliphatic heterocycles. The molecule has 96 valence electrons. The average Bonchev–Trinajstić information content (AvgIpc) is 2.43. The van der Waals surface area contributed by atoms with Gasteiger partial charge in [-0.1, -0.05) is 12.0 Å². The van der Waals surface area contributed by atoms with E-state index in [2.05, 4.69) is 17.2 Å². The van der Waals surface area contributed by atoms with E-state index >= 15 is 0 Å². The highest BCUT2D eigenvalue weighted by molar-refractivity contribution is 5.44. The minimum atomic E-state index is 0.0849. The van der Waals surface area contributed by atoms with Crippen LogP contribution in [0.1, 0.15) is 18.5 Å². The second-order valence-electron chi connectivity index (χ2n) is 4.00. The Bertz CT molecular complexity index is 463. The number of nitrogens with two attached hydrogens (primary N) is 1. The van der Waals surface area contributed by atoms with Gasteiger partial charge in [-0.25, -0.2) is 0 Å². The van der Waals surface area contributed by atoms with Crippen LogP contribution in [-0.4, -0.2) is 26.3 Å². The van der Waals surface area contributed by atoms with Gasteiger partial charge in [-0.05, 0) is 24.6 Å². The van der Waals surface area contributed by atoms with Crippen molar-refractivity contribution in [3.8, 4) is 23.3 Å². The first kappa shape index (κ1) is 12.7. The van der Waals surface area contributed by atoms with Crippen molar-refractivity contribution in [2.75, 3.05) is 26.3 Å². The Morgan fingerprint density at radius 1 is 1.33 bits per heavy atom. The number of hydrogen-bond donors (Lipinski definition) is 2. The predicted octanol–water partition coefficient (Wildman–Crippen LogP) is 1.07. The Labute approximate surface area is 107 Å². The molecule has 1 aromatic carbocycles. The van der Waals surface area contributed by atoms with Crippen LogP contribution >= 0.6 is 0 Å². The van der Waals surface area contributed by atoms with Crippen LogP contribution in [0.2, 0.25) is 0 Å². The lowest BCUT2D eigenvalue weighted by molar-refractivity contribution is 0.171. The van der Waals surface area contributed by atoms with Crippen molar-refractivity contribution in [1.82, 2.24) is 5.32 Å². The Morgan fingerprint density at radius 2 is 2.11 bits per heavy atom. The van der Waals surface area contributed by atoms with E-state index in [1.54, 1.807) is 0 Å². The molecule has 1 atom stereocenters.